The number of carbonyl (C=O) groups is 1. The second-order valence-electron chi connectivity index (χ2n) is 9.33. The number of carbonyl (C=O) groups excluding carboxylic acids is 1. The molecule has 158 valence electrons. The molecule has 0 aromatic heterocycles. The smallest absolute Gasteiger partial charge is 0.303 e. The fourth-order valence-electron chi connectivity index (χ4n) is 5.73. The summed E-state index contributed by atoms with van der Waals surface area (Å²) in [4.78, 5) is 16.6. The van der Waals surface area contributed by atoms with Gasteiger partial charge in [0, 0.05) is 18.8 Å². The van der Waals surface area contributed by atoms with Crippen molar-refractivity contribution >= 4 is 5.97 Å². The zero-order valence-corrected chi connectivity index (χ0v) is 17.4. The molecule has 1 aliphatic carbocycles. The molecule has 3 aliphatic rings. The summed E-state index contributed by atoms with van der Waals surface area (Å²) in [5.41, 5.74) is 0.669. The van der Waals surface area contributed by atoms with Gasteiger partial charge in [-0.05, 0) is 55.6 Å². The highest BCUT2D eigenvalue weighted by atomic mass is 17.1. The minimum atomic E-state index is -0.861. The van der Waals surface area contributed by atoms with Crippen LogP contribution in [0.1, 0.15) is 53.4 Å². The van der Waals surface area contributed by atoms with Crippen LogP contribution in [0.3, 0.4) is 0 Å². The van der Waals surface area contributed by atoms with Gasteiger partial charge in [0.25, 0.3) is 0 Å². The molecule has 3 fully saturated rings. The topological polar surface area (TPSA) is 85.2 Å². The van der Waals surface area contributed by atoms with Crippen LogP contribution in [-0.4, -0.2) is 46.3 Å². The van der Waals surface area contributed by atoms with E-state index in [1.807, 2.05) is 6.92 Å². The van der Waals surface area contributed by atoms with Gasteiger partial charge < -0.3 is 14.6 Å². The summed E-state index contributed by atoms with van der Waals surface area (Å²) < 4.78 is 12.4. The second-order valence-corrected chi connectivity index (χ2v) is 9.33. The monoisotopic (exact) mass is 394 g/mol. The quantitative estimate of drug-likeness (QED) is 0.330. The highest BCUT2D eigenvalue weighted by Crippen LogP contribution is 2.55. The third kappa shape index (κ3) is 3.67. The standard InChI is InChI=1S/C22H34O6/c1-11(2)15-10-16(24)13(4)19-18-9-12(3)17(28-25)7-8-22(6,27-14(5)23)21(26-18)20(15)19/h11,15-21,24-25H,3-4,7-10H2,1-2,5-6H3. The number of aliphatic hydroxyl groups excluding tert-OH is 1. The summed E-state index contributed by atoms with van der Waals surface area (Å²) in [6, 6.07) is 0. The fourth-order valence-corrected chi connectivity index (χ4v) is 5.73. The van der Waals surface area contributed by atoms with Gasteiger partial charge in [-0.25, -0.2) is 4.89 Å². The van der Waals surface area contributed by atoms with E-state index < -0.39 is 17.8 Å². The molecule has 8 atom stereocenters. The van der Waals surface area contributed by atoms with Crippen molar-refractivity contribution in [1.29, 1.82) is 0 Å². The van der Waals surface area contributed by atoms with Crippen molar-refractivity contribution in [2.45, 2.75) is 83.4 Å². The molecule has 28 heavy (non-hydrogen) atoms. The summed E-state index contributed by atoms with van der Waals surface area (Å²) in [6.45, 7) is 16.0. The average Bonchev–Trinajstić information content (AvgIpc) is 2.98. The minimum Gasteiger partial charge on any atom is -0.457 e. The molecule has 0 radical (unpaired) electrons. The SMILES string of the molecule is C=C1CC2OC(C3C(C(C)C)CC(O)C(=C)C23)C(C)(OC(C)=O)CCC1OO. The molecule has 1 saturated carbocycles. The van der Waals surface area contributed by atoms with Crippen LogP contribution in [0.2, 0.25) is 0 Å². The van der Waals surface area contributed by atoms with Crippen LogP contribution >= 0.6 is 0 Å². The van der Waals surface area contributed by atoms with Crippen molar-refractivity contribution in [3.05, 3.63) is 24.3 Å². The average molecular weight is 395 g/mol. The van der Waals surface area contributed by atoms with E-state index in [0.29, 0.717) is 31.6 Å². The number of ether oxygens (including phenoxy) is 2. The predicted molar refractivity (Wildman–Crippen MR) is 104 cm³/mol. The van der Waals surface area contributed by atoms with Crippen molar-refractivity contribution in [3.63, 3.8) is 0 Å². The van der Waals surface area contributed by atoms with Gasteiger partial charge in [0.1, 0.15) is 17.8 Å². The van der Waals surface area contributed by atoms with Gasteiger partial charge in [0.05, 0.1) is 12.2 Å². The third-order valence-corrected chi connectivity index (χ3v) is 7.12. The van der Waals surface area contributed by atoms with E-state index in [4.69, 9.17) is 9.47 Å². The molecule has 6 heteroatoms. The van der Waals surface area contributed by atoms with Crippen molar-refractivity contribution in [3.8, 4) is 0 Å². The van der Waals surface area contributed by atoms with E-state index in [1.165, 1.54) is 6.92 Å². The first kappa shape index (κ1) is 21.5. The maximum Gasteiger partial charge on any atom is 0.303 e. The Bertz CT molecular complexity index is 643. The lowest BCUT2D eigenvalue weighted by molar-refractivity contribution is -0.272. The van der Waals surface area contributed by atoms with Crippen LogP contribution in [0.4, 0.5) is 0 Å². The van der Waals surface area contributed by atoms with Gasteiger partial charge >= 0.3 is 5.97 Å². The lowest BCUT2D eigenvalue weighted by Gasteiger charge is -2.46. The Morgan fingerprint density at radius 2 is 2.04 bits per heavy atom. The first-order valence-corrected chi connectivity index (χ1v) is 10.3. The molecule has 0 aromatic rings. The summed E-state index contributed by atoms with van der Waals surface area (Å²) >= 11 is 0. The van der Waals surface area contributed by atoms with Crippen LogP contribution in [0.5, 0.6) is 0 Å². The number of fused-ring (bicyclic) bond motifs is 5. The summed E-state index contributed by atoms with van der Waals surface area (Å²) in [5.74, 6) is 0.269. The number of hydrogen-bond donors (Lipinski definition) is 2. The van der Waals surface area contributed by atoms with Crippen LogP contribution in [0.15, 0.2) is 24.3 Å². The van der Waals surface area contributed by atoms with E-state index in [1.54, 1.807) is 0 Å². The van der Waals surface area contributed by atoms with Gasteiger partial charge in [-0.1, -0.05) is 27.0 Å². The fraction of sp³-hybridized carbons (Fsp3) is 0.773. The largest absolute Gasteiger partial charge is 0.457 e. The molecule has 2 saturated heterocycles. The molecule has 0 spiro atoms. The second kappa shape index (κ2) is 7.90. The predicted octanol–water partition coefficient (Wildman–Crippen LogP) is 3.50. The molecule has 3 rings (SSSR count). The molecular formula is C22H34O6. The van der Waals surface area contributed by atoms with Gasteiger partial charge in [-0.2, -0.15) is 0 Å². The van der Waals surface area contributed by atoms with Crippen LogP contribution < -0.4 is 0 Å². The first-order chi connectivity index (χ1) is 13.1. The Hall–Kier alpha value is -1.21. The lowest BCUT2D eigenvalue weighted by atomic mass is 9.60. The van der Waals surface area contributed by atoms with Crippen LogP contribution in [0.25, 0.3) is 0 Å². The van der Waals surface area contributed by atoms with E-state index in [9.17, 15) is 15.2 Å². The number of hydrogen-bond acceptors (Lipinski definition) is 6. The molecule has 8 unspecified atom stereocenters. The zero-order valence-electron chi connectivity index (χ0n) is 17.4. The van der Waals surface area contributed by atoms with E-state index in [0.717, 1.165) is 11.1 Å². The molecule has 0 aromatic carbocycles. The third-order valence-electron chi connectivity index (χ3n) is 7.12. The molecular weight excluding hydrogens is 360 g/mol. The minimum absolute atomic E-state index is 0.0507. The zero-order chi connectivity index (χ0) is 20.8. The summed E-state index contributed by atoms with van der Waals surface area (Å²) in [5, 5.41) is 20.0. The first-order valence-electron chi connectivity index (χ1n) is 10.3. The van der Waals surface area contributed by atoms with Crippen molar-refractivity contribution in [1.82, 2.24) is 0 Å². The molecule has 2 N–H and O–H groups in total. The number of rotatable bonds is 3. The Morgan fingerprint density at radius 3 is 2.61 bits per heavy atom. The Balaban J connectivity index is 2.08. The van der Waals surface area contributed by atoms with Crippen LogP contribution in [0, 0.1) is 23.7 Å². The van der Waals surface area contributed by atoms with Gasteiger partial charge in [0.15, 0.2) is 0 Å². The van der Waals surface area contributed by atoms with E-state index in [-0.39, 0.29) is 35.9 Å². The molecule has 2 heterocycles. The Kier molecular flexibility index (Phi) is 6.07. The van der Waals surface area contributed by atoms with Crippen molar-refractivity contribution < 1.29 is 29.5 Å². The Morgan fingerprint density at radius 1 is 1.36 bits per heavy atom. The van der Waals surface area contributed by atoms with Gasteiger partial charge in [-0.3, -0.25) is 10.1 Å². The molecule has 2 aliphatic heterocycles. The highest BCUT2D eigenvalue weighted by molar-refractivity contribution is 5.66. The number of esters is 1. The Labute approximate surface area is 167 Å². The van der Waals surface area contributed by atoms with Crippen molar-refractivity contribution in [2.75, 3.05) is 0 Å². The maximum atomic E-state index is 12.0. The van der Waals surface area contributed by atoms with Crippen molar-refractivity contribution in [2.24, 2.45) is 23.7 Å². The normalized spacial score (nSPS) is 43.9. The summed E-state index contributed by atoms with van der Waals surface area (Å²) in [6.07, 6.45) is 0.457. The van der Waals surface area contributed by atoms with E-state index >= 15 is 0 Å². The lowest BCUT2D eigenvalue weighted by Crippen LogP contribution is -2.52. The molecule has 6 nitrogen and oxygen atoms in total. The number of aliphatic hydroxyl groups is 1. The molecule has 0 amide bonds. The molecule has 2 bridgehead atoms. The highest BCUT2D eigenvalue weighted by Gasteiger charge is 2.60. The van der Waals surface area contributed by atoms with Crippen LogP contribution in [-0.2, 0) is 19.2 Å². The maximum absolute atomic E-state index is 12.0. The van der Waals surface area contributed by atoms with E-state index in [2.05, 4.69) is 31.9 Å². The van der Waals surface area contributed by atoms with Gasteiger partial charge in [0.2, 0.25) is 0 Å². The van der Waals surface area contributed by atoms with Gasteiger partial charge in [-0.15, -0.1) is 0 Å². The summed E-state index contributed by atoms with van der Waals surface area (Å²) in [7, 11) is 0.